The number of nitro groups is 1. The van der Waals surface area contributed by atoms with Crippen LogP contribution in [-0.2, 0) is 30.4 Å². The number of fused-ring (bicyclic) bond motifs is 1. The molecule has 6 aromatic carbocycles. The lowest BCUT2D eigenvalue weighted by Crippen LogP contribution is -2.02. The summed E-state index contributed by atoms with van der Waals surface area (Å²) < 4.78 is 108. The number of hydrogen-bond donors (Lipinski definition) is 6. The van der Waals surface area contributed by atoms with Crippen molar-refractivity contribution in [3.05, 3.63) is 124 Å². The number of phenolic OH excluding ortho intramolecular Hbond substituents is 2. The fourth-order valence-electron chi connectivity index (χ4n) is 5.62. The summed E-state index contributed by atoms with van der Waals surface area (Å²) in [5, 5.41) is 52.2. The number of nitrogens with zero attached hydrogens (tertiary/aromatic N) is 5. The molecule has 0 heterocycles. The largest absolute Gasteiger partial charge is 0.506 e. The number of para-hydroxylation sites is 1. The van der Waals surface area contributed by atoms with Crippen molar-refractivity contribution >= 4 is 93.1 Å². The number of aromatic hydroxyl groups is 2. The minimum Gasteiger partial charge on any atom is -0.506 e. The monoisotopic (exact) mass is 876 g/mol. The smallest absolute Gasteiger partial charge is 0.296 e. The van der Waals surface area contributed by atoms with E-state index in [0.29, 0.717) is 11.8 Å². The van der Waals surface area contributed by atoms with E-state index < -0.39 is 72.8 Å². The van der Waals surface area contributed by atoms with Crippen LogP contribution in [0.15, 0.2) is 138 Å². The summed E-state index contributed by atoms with van der Waals surface area (Å²) >= 11 is 0. The Balaban J connectivity index is 1.30. The van der Waals surface area contributed by atoms with Gasteiger partial charge in [-0.1, -0.05) is 36.4 Å². The molecule has 0 atom stereocenters. The van der Waals surface area contributed by atoms with E-state index >= 15 is 0 Å². The molecule has 0 aromatic heterocycles. The molecule has 308 valence electrons. The Bertz CT molecular complexity index is 3140. The van der Waals surface area contributed by atoms with Crippen LogP contribution in [0.4, 0.5) is 39.8 Å². The maximum atomic E-state index is 12.4. The number of phenols is 2. The second-order valence-corrected chi connectivity index (χ2v) is 16.5. The van der Waals surface area contributed by atoms with Gasteiger partial charge in [-0.15, -0.1) is 15.3 Å². The molecule has 0 amide bonds. The van der Waals surface area contributed by atoms with Gasteiger partial charge in [0, 0.05) is 41.0 Å². The van der Waals surface area contributed by atoms with Crippen molar-refractivity contribution in [1.82, 2.24) is 0 Å². The Labute approximate surface area is 339 Å². The number of benzene rings is 6. The van der Waals surface area contributed by atoms with Gasteiger partial charge in [-0.25, -0.2) is 0 Å². The van der Waals surface area contributed by atoms with Gasteiger partial charge >= 0.3 is 0 Å². The fourth-order valence-corrected chi connectivity index (χ4v) is 7.68. The summed E-state index contributed by atoms with van der Waals surface area (Å²) in [6.07, 6.45) is 2.10. The predicted octanol–water partition coefficient (Wildman–Crippen LogP) is 8.65. The van der Waals surface area contributed by atoms with Crippen molar-refractivity contribution in [2.45, 2.75) is 14.7 Å². The number of nitro benzene ring substituents is 1. The Kier molecular flexibility index (Phi) is 11.8. The quantitative estimate of drug-likeness (QED) is 0.0208. The molecule has 60 heavy (non-hydrogen) atoms. The first-order valence-electron chi connectivity index (χ1n) is 16.6. The van der Waals surface area contributed by atoms with Crippen molar-refractivity contribution in [3.63, 3.8) is 0 Å². The number of rotatable bonds is 13. The lowest BCUT2D eigenvalue weighted by Gasteiger charge is -2.12. The van der Waals surface area contributed by atoms with E-state index in [2.05, 4.69) is 25.8 Å². The van der Waals surface area contributed by atoms with Crippen LogP contribution in [0.3, 0.4) is 0 Å². The van der Waals surface area contributed by atoms with E-state index in [9.17, 15) is 59.2 Å². The zero-order valence-corrected chi connectivity index (χ0v) is 32.8. The molecule has 0 saturated heterocycles. The minimum absolute atomic E-state index is 0.0889. The number of hydrogen-bond acceptors (Lipinski definition) is 16. The van der Waals surface area contributed by atoms with E-state index in [0.717, 1.165) is 60.3 Å². The summed E-state index contributed by atoms with van der Waals surface area (Å²) in [6.45, 7) is 0. The molecule has 6 rings (SSSR count). The first kappa shape index (κ1) is 42.5. The number of non-ortho nitro benzene ring substituents is 1. The van der Waals surface area contributed by atoms with E-state index in [1.165, 1.54) is 19.2 Å². The molecule has 0 bridgehead atoms. The highest BCUT2D eigenvalue weighted by atomic mass is 32.2. The second kappa shape index (κ2) is 16.6. The van der Waals surface area contributed by atoms with Crippen LogP contribution >= 0.6 is 0 Å². The van der Waals surface area contributed by atoms with Crippen molar-refractivity contribution in [2.24, 2.45) is 20.5 Å². The minimum atomic E-state index is -4.99. The average Bonchev–Trinajstić information content (AvgIpc) is 3.18. The van der Waals surface area contributed by atoms with Crippen LogP contribution in [0.5, 0.6) is 17.2 Å². The molecule has 6 N–H and O–H groups in total. The maximum Gasteiger partial charge on any atom is 0.296 e. The van der Waals surface area contributed by atoms with E-state index in [4.69, 9.17) is 4.74 Å². The van der Waals surface area contributed by atoms with Crippen molar-refractivity contribution < 1.29 is 58.8 Å². The third kappa shape index (κ3) is 9.58. The van der Waals surface area contributed by atoms with Crippen LogP contribution in [0.25, 0.3) is 22.9 Å². The van der Waals surface area contributed by atoms with Crippen molar-refractivity contribution in [2.75, 3.05) is 12.4 Å². The van der Waals surface area contributed by atoms with Gasteiger partial charge in [0.15, 0.2) is 5.75 Å². The van der Waals surface area contributed by atoms with E-state index in [1.807, 2.05) is 18.2 Å². The van der Waals surface area contributed by atoms with Gasteiger partial charge in [-0.05, 0) is 71.1 Å². The topological polar surface area (TPSA) is 317 Å². The number of methoxy groups -OCH3 is 1. The molecule has 0 aliphatic carbocycles. The summed E-state index contributed by atoms with van der Waals surface area (Å²) in [4.78, 5) is 7.88. The van der Waals surface area contributed by atoms with Crippen LogP contribution in [0.2, 0.25) is 0 Å². The number of ether oxygens (including phenoxy) is 1. The van der Waals surface area contributed by atoms with Crippen molar-refractivity contribution in [1.29, 1.82) is 0 Å². The van der Waals surface area contributed by atoms with Crippen molar-refractivity contribution in [3.8, 4) is 17.2 Å². The summed E-state index contributed by atoms with van der Waals surface area (Å²) in [7, 11) is -13.7. The van der Waals surface area contributed by atoms with E-state index in [-0.39, 0.29) is 44.7 Å². The lowest BCUT2D eigenvalue weighted by atomic mass is 10.1. The fraction of sp³-hybridized carbons (Fsp3) is 0.0270. The molecule has 20 nitrogen and oxygen atoms in total. The van der Waals surface area contributed by atoms with Gasteiger partial charge in [0.2, 0.25) is 0 Å². The molecule has 6 aromatic rings. The zero-order chi connectivity index (χ0) is 43.6. The zero-order valence-electron chi connectivity index (χ0n) is 30.3. The third-order valence-corrected chi connectivity index (χ3v) is 11.1. The predicted molar refractivity (Wildman–Crippen MR) is 216 cm³/mol. The molecule has 0 saturated carbocycles. The van der Waals surface area contributed by atoms with Crippen LogP contribution < -0.4 is 10.1 Å². The normalized spacial score (nSPS) is 12.5. The van der Waals surface area contributed by atoms with Gasteiger partial charge in [-0.2, -0.15) is 30.4 Å². The van der Waals surface area contributed by atoms with Gasteiger partial charge in [0.05, 0.1) is 17.7 Å². The lowest BCUT2D eigenvalue weighted by molar-refractivity contribution is -0.385. The number of nitrogens with one attached hydrogen (secondary N) is 1. The molecule has 0 aliphatic rings. The van der Waals surface area contributed by atoms with Crippen LogP contribution in [-0.4, -0.2) is 61.2 Å². The maximum absolute atomic E-state index is 12.4. The second-order valence-electron chi connectivity index (χ2n) is 12.4. The molecule has 0 radical (unpaired) electrons. The van der Waals surface area contributed by atoms with Gasteiger partial charge in [0.25, 0.3) is 36.0 Å². The van der Waals surface area contributed by atoms with E-state index in [1.54, 1.807) is 24.3 Å². The van der Waals surface area contributed by atoms with Gasteiger partial charge < -0.3 is 20.3 Å². The molecular weight excluding hydrogens is 849 g/mol. The Morgan fingerprint density at radius 1 is 0.650 bits per heavy atom. The summed E-state index contributed by atoms with van der Waals surface area (Å²) in [5.41, 5.74) is -1.07. The first-order valence-corrected chi connectivity index (χ1v) is 20.9. The molecular formula is C37H28N6O14S3. The molecule has 0 aliphatic heterocycles. The molecule has 0 unspecified atom stereocenters. The Hall–Kier alpha value is -7.15. The van der Waals surface area contributed by atoms with Crippen LogP contribution in [0, 0.1) is 10.1 Å². The Morgan fingerprint density at radius 3 is 1.88 bits per heavy atom. The Morgan fingerprint density at radius 2 is 1.27 bits per heavy atom. The molecule has 0 fully saturated rings. The number of anilines is 2. The van der Waals surface area contributed by atoms with Crippen LogP contribution in [0.1, 0.15) is 11.1 Å². The highest BCUT2D eigenvalue weighted by Crippen LogP contribution is 2.45. The highest BCUT2D eigenvalue weighted by Gasteiger charge is 2.23. The molecule has 23 heteroatoms. The summed E-state index contributed by atoms with van der Waals surface area (Å²) in [6, 6.07) is 22.8. The number of azo groups is 2. The summed E-state index contributed by atoms with van der Waals surface area (Å²) in [5.74, 6) is -1.34. The highest BCUT2D eigenvalue weighted by molar-refractivity contribution is 7.86. The van der Waals surface area contributed by atoms with Gasteiger partial charge in [-0.3, -0.25) is 23.8 Å². The molecule has 0 spiro atoms. The third-order valence-electron chi connectivity index (χ3n) is 8.40. The standard InChI is InChI=1S/C37H28N6O14S3/c1-57-32-20-29(40-42-36-35(60(54,55)56)16-23-15-25(12-14-28(23)37(36)45)38-24-5-3-2-4-6-24)31(44)19-30(32)41-39-26-11-9-21(33(17-26)58(48,49)50)7-8-22-10-13-27(43(46)47)18-34(22)59(51,52)53/h2-20,38,44-45H,1H3,(H,48,49,50)(H,51,52,53)(H,54,55,56)/b8-7+,41-39+,42-40+. The average molecular weight is 877 g/mol. The SMILES string of the molecule is COc1cc(/N=N/c2c(S(=O)(=O)O)cc3cc(Nc4ccccc4)ccc3c2O)c(O)cc1/N=N/c1ccc(/C=C/c2ccc([N+](=O)[O-])cc2S(=O)(=O)O)c(S(=O)(=O)O)c1. The first-order chi connectivity index (χ1) is 28.2. The van der Waals surface area contributed by atoms with Gasteiger partial charge in [0.1, 0.15) is 43.2 Å².